The molecule has 2 heterocycles. The number of hydrogen-bond acceptors (Lipinski definition) is 4. The monoisotopic (exact) mass is 267 g/mol. The van der Waals surface area contributed by atoms with Gasteiger partial charge < -0.3 is 5.32 Å². The van der Waals surface area contributed by atoms with Crippen LogP contribution in [-0.2, 0) is 4.79 Å². The quantitative estimate of drug-likeness (QED) is 0.833. The zero-order chi connectivity index (χ0) is 13.9. The molecule has 2 fully saturated rings. The SMILES string of the molecule is CC(C)(C)C(=O)C1CCN(CN2CCNCC2)CC1. The van der Waals surface area contributed by atoms with Crippen LogP contribution in [0.15, 0.2) is 0 Å². The smallest absolute Gasteiger partial charge is 0.141 e. The molecule has 0 saturated carbocycles. The molecule has 0 atom stereocenters. The summed E-state index contributed by atoms with van der Waals surface area (Å²) in [7, 11) is 0. The molecule has 2 rings (SSSR count). The lowest BCUT2D eigenvalue weighted by Gasteiger charge is -2.38. The van der Waals surface area contributed by atoms with E-state index in [0.717, 1.165) is 58.8 Å². The molecular weight excluding hydrogens is 238 g/mol. The molecular formula is C15H29N3O. The van der Waals surface area contributed by atoms with Crippen molar-refractivity contribution < 1.29 is 4.79 Å². The van der Waals surface area contributed by atoms with Crippen molar-refractivity contribution in [2.24, 2.45) is 11.3 Å². The molecule has 0 aromatic carbocycles. The first kappa shape index (κ1) is 14.9. The Morgan fingerprint density at radius 2 is 1.58 bits per heavy atom. The minimum atomic E-state index is -0.175. The fraction of sp³-hybridized carbons (Fsp3) is 0.933. The summed E-state index contributed by atoms with van der Waals surface area (Å²) in [5, 5.41) is 3.39. The van der Waals surface area contributed by atoms with E-state index < -0.39 is 0 Å². The molecule has 0 aromatic heterocycles. The third kappa shape index (κ3) is 4.26. The topological polar surface area (TPSA) is 35.6 Å². The minimum Gasteiger partial charge on any atom is -0.314 e. The fourth-order valence-electron chi connectivity index (χ4n) is 3.08. The molecule has 2 aliphatic rings. The highest BCUT2D eigenvalue weighted by atomic mass is 16.1. The predicted octanol–water partition coefficient (Wildman–Crippen LogP) is 1.18. The van der Waals surface area contributed by atoms with Crippen LogP contribution in [0, 0.1) is 11.3 Å². The highest BCUT2D eigenvalue weighted by molar-refractivity contribution is 5.86. The van der Waals surface area contributed by atoms with Gasteiger partial charge in [0.2, 0.25) is 0 Å². The van der Waals surface area contributed by atoms with Gasteiger partial charge in [0.25, 0.3) is 0 Å². The van der Waals surface area contributed by atoms with Gasteiger partial charge in [0.15, 0.2) is 0 Å². The van der Waals surface area contributed by atoms with Crippen LogP contribution >= 0.6 is 0 Å². The predicted molar refractivity (Wildman–Crippen MR) is 78.1 cm³/mol. The lowest BCUT2D eigenvalue weighted by atomic mass is 9.79. The number of carbonyl (C=O) groups is 1. The summed E-state index contributed by atoms with van der Waals surface area (Å²) in [4.78, 5) is 17.3. The summed E-state index contributed by atoms with van der Waals surface area (Å²) in [6.07, 6.45) is 2.09. The first-order chi connectivity index (χ1) is 8.97. The molecule has 2 aliphatic heterocycles. The molecule has 1 N–H and O–H groups in total. The van der Waals surface area contributed by atoms with Gasteiger partial charge in [-0.2, -0.15) is 0 Å². The summed E-state index contributed by atoms with van der Waals surface area (Å²) < 4.78 is 0. The van der Waals surface area contributed by atoms with Gasteiger partial charge in [-0.25, -0.2) is 0 Å². The van der Waals surface area contributed by atoms with Crippen molar-refractivity contribution in [3.05, 3.63) is 0 Å². The Labute approximate surface area is 117 Å². The van der Waals surface area contributed by atoms with Crippen LogP contribution in [0.25, 0.3) is 0 Å². The molecule has 0 spiro atoms. The van der Waals surface area contributed by atoms with E-state index in [4.69, 9.17) is 0 Å². The molecule has 4 nitrogen and oxygen atoms in total. The Morgan fingerprint density at radius 1 is 1.05 bits per heavy atom. The van der Waals surface area contributed by atoms with Crippen LogP contribution in [0.2, 0.25) is 0 Å². The highest BCUT2D eigenvalue weighted by Gasteiger charge is 2.32. The van der Waals surface area contributed by atoms with Crippen LogP contribution in [0.3, 0.4) is 0 Å². The number of carbonyl (C=O) groups excluding carboxylic acids is 1. The number of likely N-dealkylation sites (tertiary alicyclic amines) is 1. The third-order valence-corrected chi connectivity index (χ3v) is 4.31. The first-order valence-electron chi connectivity index (χ1n) is 7.66. The standard InChI is InChI=1S/C15H29N3O/c1-15(2,3)14(19)13-4-8-17(9-5-13)12-18-10-6-16-7-11-18/h13,16H,4-12H2,1-3H3. The molecule has 110 valence electrons. The molecule has 0 bridgehead atoms. The van der Waals surface area contributed by atoms with Crippen molar-refractivity contribution in [2.45, 2.75) is 33.6 Å². The highest BCUT2D eigenvalue weighted by Crippen LogP contribution is 2.27. The van der Waals surface area contributed by atoms with E-state index in [0.29, 0.717) is 11.7 Å². The van der Waals surface area contributed by atoms with Crippen molar-refractivity contribution in [3.8, 4) is 0 Å². The Kier molecular flexibility index (Phi) is 4.98. The molecule has 0 aromatic rings. The number of rotatable bonds is 3. The van der Waals surface area contributed by atoms with Crippen molar-refractivity contribution >= 4 is 5.78 Å². The number of piperidine rings is 1. The average molecular weight is 267 g/mol. The Morgan fingerprint density at radius 3 is 2.11 bits per heavy atom. The van der Waals surface area contributed by atoms with Gasteiger partial charge in [0.05, 0.1) is 6.67 Å². The number of piperazine rings is 1. The molecule has 4 heteroatoms. The molecule has 0 amide bonds. The lowest BCUT2D eigenvalue weighted by Crippen LogP contribution is -2.50. The first-order valence-corrected chi connectivity index (χ1v) is 7.66. The van der Waals surface area contributed by atoms with E-state index in [9.17, 15) is 4.79 Å². The Bertz CT molecular complexity index is 297. The largest absolute Gasteiger partial charge is 0.314 e. The van der Waals surface area contributed by atoms with Gasteiger partial charge >= 0.3 is 0 Å². The molecule has 0 unspecified atom stereocenters. The fourth-order valence-corrected chi connectivity index (χ4v) is 3.08. The lowest BCUT2D eigenvalue weighted by molar-refractivity contribution is -0.132. The van der Waals surface area contributed by atoms with Gasteiger partial charge in [-0.15, -0.1) is 0 Å². The normalized spacial score (nSPS) is 24.6. The van der Waals surface area contributed by atoms with Gasteiger partial charge in [-0.1, -0.05) is 20.8 Å². The number of ketones is 1. The maximum absolute atomic E-state index is 12.3. The summed E-state index contributed by atoms with van der Waals surface area (Å²) in [5.74, 6) is 0.744. The number of hydrogen-bond donors (Lipinski definition) is 1. The van der Waals surface area contributed by atoms with Crippen molar-refractivity contribution in [1.82, 2.24) is 15.1 Å². The van der Waals surface area contributed by atoms with Crippen LogP contribution < -0.4 is 5.32 Å². The van der Waals surface area contributed by atoms with E-state index in [2.05, 4.69) is 15.1 Å². The summed E-state index contributed by atoms with van der Waals surface area (Å²) in [6, 6.07) is 0. The van der Waals surface area contributed by atoms with Gasteiger partial charge in [0.1, 0.15) is 5.78 Å². The maximum atomic E-state index is 12.3. The Balaban J connectivity index is 1.74. The van der Waals surface area contributed by atoms with Crippen molar-refractivity contribution in [3.63, 3.8) is 0 Å². The third-order valence-electron chi connectivity index (χ3n) is 4.31. The van der Waals surface area contributed by atoms with E-state index in [1.165, 1.54) is 0 Å². The summed E-state index contributed by atoms with van der Waals surface area (Å²) >= 11 is 0. The zero-order valence-corrected chi connectivity index (χ0v) is 12.7. The molecule has 0 aliphatic carbocycles. The maximum Gasteiger partial charge on any atom is 0.141 e. The molecule has 2 saturated heterocycles. The van der Waals surface area contributed by atoms with Crippen LogP contribution in [0.5, 0.6) is 0 Å². The average Bonchev–Trinajstić information content (AvgIpc) is 2.39. The van der Waals surface area contributed by atoms with Crippen molar-refractivity contribution in [1.29, 1.82) is 0 Å². The van der Waals surface area contributed by atoms with Gasteiger partial charge in [-0.3, -0.25) is 14.6 Å². The zero-order valence-electron chi connectivity index (χ0n) is 12.7. The second-order valence-electron chi connectivity index (χ2n) is 7.02. The molecule has 19 heavy (non-hydrogen) atoms. The van der Waals surface area contributed by atoms with Gasteiger partial charge in [-0.05, 0) is 12.8 Å². The van der Waals surface area contributed by atoms with E-state index in [1.54, 1.807) is 0 Å². The second-order valence-corrected chi connectivity index (χ2v) is 7.02. The van der Waals surface area contributed by atoms with E-state index in [-0.39, 0.29) is 5.41 Å². The number of nitrogens with one attached hydrogen (secondary N) is 1. The van der Waals surface area contributed by atoms with Crippen molar-refractivity contribution in [2.75, 3.05) is 45.9 Å². The minimum absolute atomic E-state index is 0.175. The van der Waals surface area contributed by atoms with E-state index >= 15 is 0 Å². The van der Waals surface area contributed by atoms with Crippen LogP contribution in [0.4, 0.5) is 0 Å². The summed E-state index contributed by atoms with van der Waals surface area (Å²) in [6.45, 7) is 13.9. The molecule has 0 radical (unpaired) electrons. The summed E-state index contributed by atoms with van der Waals surface area (Å²) in [5.41, 5.74) is -0.175. The van der Waals surface area contributed by atoms with Crippen LogP contribution in [-0.4, -0.2) is 61.5 Å². The van der Waals surface area contributed by atoms with Crippen LogP contribution in [0.1, 0.15) is 33.6 Å². The Hall–Kier alpha value is -0.450. The second kappa shape index (κ2) is 6.33. The number of nitrogens with zero attached hydrogens (tertiary/aromatic N) is 2. The van der Waals surface area contributed by atoms with E-state index in [1.807, 2.05) is 20.8 Å². The number of Topliss-reactive ketones (excluding diaryl/α,β-unsaturated/α-hetero) is 1. The van der Waals surface area contributed by atoms with Gasteiger partial charge in [0, 0.05) is 50.6 Å².